The number of pyridine rings is 2. The van der Waals surface area contributed by atoms with Crippen LogP contribution in [0.15, 0.2) is 60.4 Å². The van der Waals surface area contributed by atoms with Crippen LogP contribution < -0.4 is 9.62 Å². The summed E-state index contributed by atoms with van der Waals surface area (Å²) in [4.78, 5) is 43.2. The van der Waals surface area contributed by atoms with Crippen LogP contribution in [-0.4, -0.2) is 58.6 Å². The Labute approximate surface area is 232 Å². The number of aliphatic hydroxyl groups excluding tert-OH is 1. The number of carbonyl (C=O) groups excluding carboxylic acids is 2. The Balaban J connectivity index is 1.59. The van der Waals surface area contributed by atoms with Gasteiger partial charge in [-0.3, -0.25) is 24.5 Å². The number of anilines is 2. The van der Waals surface area contributed by atoms with Crippen molar-refractivity contribution >= 4 is 39.4 Å². The van der Waals surface area contributed by atoms with E-state index in [2.05, 4.69) is 29.4 Å². The number of hydrogen-bond acceptors (Lipinski definition) is 10. The molecule has 1 saturated carbocycles. The zero-order valence-corrected chi connectivity index (χ0v) is 22.9. The van der Waals surface area contributed by atoms with Crippen LogP contribution in [0.1, 0.15) is 42.5 Å². The second-order valence-corrected chi connectivity index (χ2v) is 11.1. The molecule has 0 radical (unpaired) electrons. The lowest BCUT2D eigenvalue weighted by Crippen LogP contribution is -2.39. The van der Waals surface area contributed by atoms with E-state index in [4.69, 9.17) is 0 Å². The van der Waals surface area contributed by atoms with Crippen molar-refractivity contribution in [3.8, 4) is 0 Å². The minimum absolute atomic E-state index is 0.0141. The summed E-state index contributed by atoms with van der Waals surface area (Å²) < 4.78 is 32.7. The lowest BCUT2D eigenvalue weighted by Gasteiger charge is -2.31. The molecule has 210 valence electrons. The fourth-order valence-corrected chi connectivity index (χ4v) is 5.27. The van der Waals surface area contributed by atoms with Gasteiger partial charge in [-0.05, 0) is 55.5 Å². The number of amides is 1. The first kappa shape index (κ1) is 28.8. The summed E-state index contributed by atoms with van der Waals surface area (Å²) in [5.41, 5.74) is 2.44. The maximum absolute atomic E-state index is 13.7. The Morgan fingerprint density at radius 2 is 1.90 bits per heavy atom. The SMILES string of the molecule is COC(=O)/C=C/c1cncc(N(Cc2cnc(S(=O)(=O)Nc3cncc(C)c3)cn2)C(=O)C2CCCC(O)C2)c1. The van der Waals surface area contributed by atoms with E-state index >= 15 is 0 Å². The fraction of sp³-hybridized carbons (Fsp3) is 0.333. The first-order chi connectivity index (χ1) is 19.1. The van der Waals surface area contributed by atoms with Gasteiger partial charge in [-0.15, -0.1) is 0 Å². The standard InChI is InChI=1S/C27H30N6O6S/c1-18-8-21(13-28-11-18)32-40(37,38)25-16-30-22(14-31-25)17-33(27(36)20-4-3-5-24(34)10-20)23-9-19(12-29-15-23)6-7-26(35)39-2/h6-9,11-16,20,24,32,34H,3-5,10,17H2,1-2H3/b7-6+. The second kappa shape index (κ2) is 12.7. The van der Waals surface area contributed by atoms with Gasteiger partial charge < -0.3 is 14.7 Å². The van der Waals surface area contributed by atoms with Crippen molar-refractivity contribution in [2.75, 3.05) is 16.7 Å². The number of carbonyl (C=O) groups is 2. The molecule has 2 atom stereocenters. The average molecular weight is 567 g/mol. The number of sulfonamides is 1. The van der Waals surface area contributed by atoms with Gasteiger partial charge in [-0.1, -0.05) is 6.42 Å². The summed E-state index contributed by atoms with van der Waals surface area (Å²) in [6.45, 7) is 1.78. The maximum Gasteiger partial charge on any atom is 0.330 e. The van der Waals surface area contributed by atoms with Gasteiger partial charge in [-0.2, -0.15) is 8.42 Å². The van der Waals surface area contributed by atoms with Gasteiger partial charge in [0.25, 0.3) is 10.0 Å². The number of aromatic nitrogens is 4. The molecule has 4 rings (SSSR count). The van der Waals surface area contributed by atoms with E-state index in [0.29, 0.717) is 41.9 Å². The van der Waals surface area contributed by atoms with E-state index in [0.717, 1.165) is 18.2 Å². The number of nitrogens with zero attached hydrogens (tertiary/aromatic N) is 5. The molecule has 1 amide bonds. The number of rotatable bonds is 9. The van der Waals surface area contributed by atoms with Crippen molar-refractivity contribution < 1.29 is 27.9 Å². The molecule has 2 N–H and O–H groups in total. The summed E-state index contributed by atoms with van der Waals surface area (Å²) in [5, 5.41) is 9.87. The van der Waals surface area contributed by atoms with E-state index in [1.165, 1.54) is 48.9 Å². The topological polar surface area (TPSA) is 165 Å². The molecule has 0 saturated heterocycles. The molecule has 0 spiro atoms. The number of nitrogens with one attached hydrogen (secondary N) is 1. The van der Waals surface area contributed by atoms with Crippen molar-refractivity contribution in [1.29, 1.82) is 0 Å². The van der Waals surface area contributed by atoms with Crippen LogP contribution in [0.2, 0.25) is 0 Å². The maximum atomic E-state index is 13.7. The van der Waals surface area contributed by atoms with Gasteiger partial charge >= 0.3 is 5.97 Å². The van der Waals surface area contributed by atoms with Crippen LogP contribution in [0.4, 0.5) is 11.4 Å². The van der Waals surface area contributed by atoms with Crippen LogP contribution in [0.5, 0.6) is 0 Å². The van der Waals surface area contributed by atoms with E-state index in [1.54, 1.807) is 25.3 Å². The number of aliphatic hydroxyl groups is 1. The predicted molar refractivity (Wildman–Crippen MR) is 146 cm³/mol. The molecule has 2 unspecified atom stereocenters. The van der Waals surface area contributed by atoms with Crippen LogP contribution >= 0.6 is 0 Å². The smallest absolute Gasteiger partial charge is 0.330 e. The quantitative estimate of drug-likeness (QED) is 0.291. The predicted octanol–water partition coefficient (Wildman–Crippen LogP) is 2.65. The monoisotopic (exact) mass is 566 g/mol. The number of ether oxygens (including phenoxy) is 1. The number of hydrogen-bond donors (Lipinski definition) is 2. The summed E-state index contributed by atoms with van der Waals surface area (Å²) in [6.07, 6.45) is 13.0. The Morgan fingerprint density at radius 1 is 1.10 bits per heavy atom. The number of aryl methyl sites for hydroxylation is 1. The lowest BCUT2D eigenvalue weighted by atomic mass is 9.86. The molecular weight excluding hydrogens is 536 g/mol. The average Bonchev–Trinajstić information content (AvgIpc) is 2.94. The summed E-state index contributed by atoms with van der Waals surface area (Å²) in [5.74, 6) is -1.16. The zero-order chi connectivity index (χ0) is 28.7. The molecule has 1 aliphatic rings. The highest BCUT2D eigenvalue weighted by Gasteiger charge is 2.31. The van der Waals surface area contributed by atoms with Crippen LogP contribution in [0.3, 0.4) is 0 Å². The van der Waals surface area contributed by atoms with E-state index < -0.39 is 28.0 Å². The summed E-state index contributed by atoms with van der Waals surface area (Å²) >= 11 is 0. The highest BCUT2D eigenvalue weighted by atomic mass is 32.2. The fourth-order valence-electron chi connectivity index (χ4n) is 4.36. The van der Waals surface area contributed by atoms with E-state index in [1.807, 2.05) is 0 Å². The first-order valence-electron chi connectivity index (χ1n) is 12.6. The minimum Gasteiger partial charge on any atom is -0.466 e. The second-order valence-electron chi connectivity index (χ2n) is 9.48. The Morgan fingerprint density at radius 3 is 2.60 bits per heavy atom. The largest absolute Gasteiger partial charge is 0.466 e. The van der Waals surface area contributed by atoms with Crippen molar-refractivity contribution in [3.63, 3.8) is 0 Å². The van der Waals surface area contributed by atoms with Gasteiger partial charge in [0.1, 0.15) is 0 Å². The third-order valence-electron chi connectivity index (χ3n) is 6.34. The van der Waals surface area contributed by atoms with Crippen molar-refractivity contribution in [3.05, 3.63) is 72.2 Å². The van der Waals surface area contributed by atoms with Crippen molar-refractivity contribution in [2.45, 2.75) is 50.3 Å². The highest BCUT2D eigenvalue weighted by molar-refractivity contribution is 7.92. The molecule has 40 heavy (non-hydrogen) atoms. The van der Waals surface area contributed by atoms with Gasteiger partial charge in [-0.25, -0.2) is 9.78 Å². The van der Waals surface area contributed by atoms with Crippen molar-refractivity contribution in [2.24, 2.45) is 5.92 Å². The van der Waals surface area contributed by atoms with Gasteiger partial charge in [0, 0.05) is 24.4 Å². The molecule has 3 heterocycles. The molecule has 3 aromatic rings. The van der Waals surface area contributed by atoms with Gasteiger partial charge in [0.05, 0.1) is 61.6 Å². The number of methoxy groups -OCH3 is 1. The third kappa shape index (κ3) is 7.45. The Hall–Kier alpha value is -4.23. The van der Waals surface area contributed by atoms with Crippen LogP contribution in [0, 0.1) is 12.8 Å². The Kier molecular flexibility index (Phi) is 9.17. The van der Waals surface area contributed by atoms with Gasteiger partial charge in [0.15, 0.2) is 5.03 Å². The van der Waals surface area contributed by atoms with E-state index in [-0.39, 0.29) is 17.5 Å². The first-order valence-corrected chi connectivity index (χ1v) is 14.1. The van der Waals surface area contributed by atoms with Gasteiger partial charge in [0.2, 0.25) is 5.91 Å². The molecule has 0 bridgehead atoms. The Bertz CT molecular complexity index is 1500. The molecule has 13 heteroatoms. The van der Waals surface area contributed by atoms with Crippen LogP contribution in [-0.2, 0) is 30.9 Å². The summed E-state index contributed by atoms with van der Waals surface area (Å²) in [7, 11) is -2.74. The molecule has 1 aliphatic carbocycles. The number of esters is 1. The highest BCUT2D eigenvalue weighted by Crippen LogP contribution is 2.29. The molecular formula is C27H30N6O6S. The molecule has 3 aromatic heterocycles. The van der Waals surface area contributed by atoms with Crippen molar-refractivity contribution in [1.82, 2.24) is 19.9 Å². The zero-order valence-electron chi connectivity index (χ0n) is 22.1. The third-order valence-corrected chi connectivity index (χ3v) is 7.60. The molecule has 1 fully saturated rings. The molecule has 12 nitrogen and oxygen atoms in total. The summed E-state index contributed by atoms with van der Waals surface area (Å²) in [6, 6.07) is 3.33. The molecule has 0 aliphatic heterocycles. The molecule has 0 aromatic carbocycles. The minimum atomic E-state index is -4.02. The normalized spacial score (nSPS) is 17.4. The van der Waals surface area contributed by atoms with E-state index in [9.17, 15) is 23.1 Å². The lowest BCUT2D eigenvalue weighted by molar-refractivity contribution is -0.134. The van der Waals surface area contributed by atoms with Crippen LogP contribution in [0.25, 0.3) is 6.08 Å².